The number of hydrogen-bond donors (Lipinski definition) is 1. The molecule has 0 aliphatic carbocycles. The third-order valence-electron chi connectivity index (χ3n) is 2.91. The molecule has 16 heavy (non-hydrogen) atoms. The maximum atomic E-state index is 5.89. The van der Waals surface area contributed by atoms with Gasteiger partial charge >= 0.3 is 0 Å². The van der Waals surface area contributed by atoms with E-state index < -0.39 is 0 Å². The Kier molecular flexibility index (Phi) is 3.32. The lowest BCUT2D eigenvalue weighted by Crippen LogP contribution is -2.14. The third kappa shape index (κ3) is 2.12. The largest absolute Gasteiger partial charge is 0.330 e. The van der Waals surface area contributed by atoms with Gasteiger partial charge in [0.15, 0.2) is 0 Å². The van der Waals surface area contributed by atoms with Crippen LogP contribution < -0.4 is 5.73 Å². The minimum absolute atomic E-state index is 0.268. The molecule has 1 aromatic heterocycles. The van der Waals surface area contributed by atoms with Gasteiger partial charge in [0.25, 0.3) is 0 Å². The highest BCUT2D eigenvalue weighted by Crippen LogP contribution is 2.25. The monoisotopic (exact) mass is 212 g/mol. The Labute approximate surface area is 96.1 Å². The van der Waals surface area contributed by atoms with Gasteiger partial charge in [0.2, 0.25) is 0 Å². The summed E-state index contributed by atoms with van der Waals surface area (Å²) in [5.74, 6) is 0.268. The molecule has 2 nitrogen and oxygen atoms in total. The van der Waals surface area contributed by atoms with E-state index in [0.717, 1.165) is 0 Å². The quantitative estimate of drug-likeness (QED) is 0.849. The van der Waals surface area contributed by atoms with Crippen molar-refractivity contribution in [3.8, 4) is 0 Å². The van der Waals surface area contributed by atoms with Crippen molar-refractivity contribution in [1.82, 2.24) is 4.98 Å². The second kappa shape index (κ2) is 4.90. The van der Waals surface area contributed by atoms with Crippen molar-refractivity contribution in [2.24, 2.45) is 5.73 Å². The van der Waals surface area contributed by atoms with E-state index in [2.05, 4.69) is 36.2 Å². The molecule has 1 atom stereocenters. The Hall–Kier alpha value is -1.67. The molecular weight excluding hydrogens is 196 g/mol. The molecule has 0 amide bonds. The number of nitrogens with two attached hydrogens (primary N) is 1. The molecule has 0 fully saturated rings. The molecule has 2 heteroatoms. The highest BCUT2D eigenvalue weighted by atomic mass is 14.6. The molecule has 0 aliphatic rings. The number of hydrogen-bond acceptors (Lipinski definition) is 2. The minimum atomic E-state index is 0.268. The Morgan fingerprint density at radius 3 is 2.44 bits per heavy atom. The SMILES string of the molecule is Cc1ccccc1C(CN)c1ccncc1. The fourth-order valence-electron chi connectivity index (χ4n) is 2.02. The molecule has 82 valence electrons. The first-order chi connectivity index (χ1) is 7.83. The molecule has 0 saturated carbocycles. The molecule has 0 spiro atoms. The Bertz CT molecular complexity index is 451. The van der Waals surface area contributed by atoms with Crippen molar-refractivity contribution in [3.05, 3.63) is 65.5 Å². The molecule has 0 radical (unpaired) electrons. The van der Waals surface area contributed by atoms with E-state index in [1.54, 1.807) is 0 Å². The van der Waals surface area contributed by atoms with Gasteiger partial charge < -0.3 is 5.73 Å². The highest BCUT2D eigenvalue weighted by molar-refractivity contribution is 5.36. The van der Waals surface area contributed by atoms with Gasteiger partial charge in [0.05, 0.1) is 0 Å². The van der Waals surface area contributed by atoms with Crippen molar-refractivity contribution in [3.63, 3.8) is 0 Å². The van der Waals surface area contributed by atoms with Crippen LogP contribution in [-0.4, -0.2) is 11.5 Å². The molecule has 2 rings (SSSR count). The van der Waals surface area contributed by atoms with E-state index >= 15 is 0 Å². The van der Waals surface area contributed by atoms with Gasteiger partial charge in [-0.05, 0) is 35.7 Å². The smallest absolute Gasteiger partial charge is 0.0270 e. The van der Waals surface area contributed by atoms with E-state index in [1.165, 1.54) is 16.7 Å². The molecule has 0 aliphatic heterocycles. The van der Waals surface area contributed by atoms with Crippen molar-refractivity contribution < 1.29 is 0 Å². The summed E-state index contributed by atoms with van der Waals surface area (Å²) < 4.78 is 0. The lowest BCUT2D eigenvalue weighted by molar-refractivity contribution is 0.810. The van der Waals surface area contributed by atoms with Crippen LogP contribution in [0.5, 0.6) is 0 Å². The van der Waals surface area contributed by atoms with Crippen molar-refractivity contribution in [1.29, 1.82) is 0 Å². The van der Waals surface area contributed by atoms with Crippen LogP contribution >= 0.6 is 0 Å². The van der Waals surface area contributed by atoms with Crippen LogP contribution in [0.4, 0.5) is 0 Å². The van der Waals surface area contributed by atoms with E-state index in [0.29, 0.717) is 6.54 Å². The van der Waals surface area contributed by atoms with Gasteiger partial charge in [0.1, 0.15) is 0 Å². The number of aryl methyl sites for hydroxylation is 1. The Morgan fingerprint density at radius 2 is 1.81 bits per heavy atom. The van der Waals surface area contributed by atoms with Gasteiger partial charge in [-0.2, -0.15) is 0 Å². The Morgan fingerprint density at radius 1 is 1.12 bits per heavy atom. The summed E-state index contributed by atoms with van der Waals surface area (Å²) in [6.07, 6.45) is 3.63. The van der Waals surface area contributed by atoms with Gasteiger partial charge in [-0.1, -0.05) is 24.3 Å². The highest BCUT2D eigenvalue weighted by Gasteiger charge is 2.13. The second-order valence-corrected chi connectivity index (χ2v) is 3.93. The van der Waals surface area contributed by atoms with E-state index in [4.69, 9.17) is 5.73 Å². The van der Waals surface area contributed by atoms with E-state index in [1.807, 2.05) is 24.5 Å². The molecule has 0 bridgehead atoms. The summed E-state index contributed by atoms with van der Waals surface area (Å²) in [7, 11) is 0. The standard InChI is InChI=1S/C14H16N2/c1-11-4-2-3-5-13(11)14(10-15)12-6-8-16-9-7-12/h2-9,14H,10,15H2,1H3. The average Bonchev–Trinajstić information content (AvgIpc) is 2.34. The van der Waals surface area contributed by atoms with Crippen molar-refractivity contribution >= 4 is 0 Å². The fourth-order valence-corrected chi connectivity index (χ4v) is 2.02. The molecule has 1 unspecified atom stereocenters. The molecule has 0 saturated heterocycles. The Balaban J connectivity index is 2.41. The summed E-state index contributed by atoms with van der Waals surface area (Å²) in [6.45, 7) is 2.74. The zero-order chi connectivity index (χ0) is 11.4. The van der Waals surface area contributed by atoms with Crippen LogP contribution in [0.3, 0.4) is 0 Å². The normalized spacial score (nSPS) is 12.4. The van der Waals surface area contributed by atoms with Gasteiger partial charge in [-0.3, -0.25) is 4.98 Å². The number of nitrogens with zero attached hydrogens (tertiary/aromatic N) is 1. The second-order valence-electron chi connectivity index (χ2n) is 3.93. The summed E-state index contributed by atoms with van der Waals surface area (Å²) in [4.78, 5) is 4.04. The molecule has 1 heterocycles. The first kappa shape index (κ1) is 10.8. The topological polar surface area (TPSA) is 38.9 Å². The zero-order valence-corrected chi connectivity index (χ0v) is 9.43. The minimum Gasteiger partial charge on any atom is -0.330 e. The number of pyridine rings is 1. The summed E-state index contributed by atoms with van der Waals surface area (Å²) >= 11 is 0. The van der Waals surface area contributed by atoms with Gasteiger partial charge in [-0.25, -0.2) is 0 Å². The summed E-state index contributed by atoms with van der Waals surface area (Å²) in [5.41, 5.74) is 9.70. The zero-order valence-electron chi connectivity index (χ0n) is 9.43. The van der Waals surface area contributed by atoms with Crippen LogP contribution in [0.2, 0.25) is 0 Å². The van der Waals surface area contributed by atoms with Crippen molar-refractivity contribution in [2.75, 3.05) is 6.54 Å². The van der Waals surface area contributed by atoms with Crippen LogP contribution in [0.25, 0.3) is 0 Å². The molecule has 1 aromatic carbocycles. The first-order valence-corrected chi connectivity index (χ1v) is 5.48. The predicted octanol–water partition coefficient (Wildman–Crippen LogP) is 2.48. The summed E-state index contributed by atoms with van der Waals surface area (Å²) in [6, 6.07) is 12.4. The predicted molar refractivity (Wildman–Crippen MR) is 66.3 cm³/mol. The number of benzene rings is 1. The summed E-state index contributed by atoms with van der Waals surface area (Å²) in [5, 5.41) is 0. The molecule has 2 aromatic rings. The van der Waals surface area contributed by atoms with Gasteiger partial charge in [0, 0.05) is 24.9 Å². The van der Waals surface area contributed by atoms with E-state index in [-0.39, 0.29) is 5.92 Å². The van der Waals surface area contributed by atoms with Gasteiger partial charge in [-0.15, -0.1) is 0 Å². The first-order valence-electron chi connectivity index (χ1n) is 5.48. The number of aromatic nitrogens is 1. The van der Waals surface area contributed by atoms with Crippen molar-refractivity contribution in [2.45, 2.75) is 12.8 Å². The molecular formula is C14H16N2. The number of rotatable bonds is 3. The van der Waals surface area contributed by atoms with Crippen LogP contribution in [-0.2, 0) is 0 Å². The lowest BCUT2D eigenvalue weighted by atomic mass is 9.89. The molecule has 2 N–H and O–H groups in total. The maximum Gasteiger partial charge on any atom is 0.0270 e. The third-order valence-corrected chi connectivity index (χ3v) is 2.91. The fraction of sp³-hybridized carbons (Fsp3) is 0.214. The van der Waals surface area contributed by atoms with Crippen LogP contribution in [0.15, 0.2) is 48.8 Å². The average molecular weight is 212 g/mol. The van der Waals surface area contributed by atoms with Crippen LogP contribution in [0.1, 0.15) is 22.6 Å². The van der Waals surface area contributed by atoms with Crippen LogP contribution in [0, 0.1) is 6.92 Å². The van der Waals surface area contributed by atoms with E-state index in [9.17, 15) is 0 Å². The maximum absolute atomic E-state index is 5.89. The lowest BCUT2D eigenvalue weighted by Gasteiger charge is -2.17.